The summed E-state index contributed by atoms with van der Waals surface area (Å²) < 4.78 is 37.7. The predicted molar refractivity (Wildman–Crippen MR) is 49.1 cm³/mol. The van der Waals surface area contributed by atoms with Crippen LogP contribution in [0.5, 0.6) is 0 Å². The maximum Gasteiger partial charge on any atom is 0.412 e. The number of carbonyl (C=O) groups is 1. The SMILES string of the molecule is CC(=O)N[C@@H](c1ccccc1)C(F)(F)F. The van der Waals surface area contributed by atoms with E-state index in [9.17, 15) is 18.0 Å². The summed E-state index contributed by atoms with van der Waals surface area (Å²) in [7, 11) is 0. The van der Waals surface area contributed by atoms with Crippen LogP contribution in [0.3, 0.4) is 0 Å². The van der Waals surface area contributed by atoms with Crippen LogP contribution in [0.4, 0.5) is 13.2 Å². The molecule has 2 nitrogen and oxygen atoms in total. The Morgan fingerprint density at radius 3 is 2.20 bits per heavy atom. The molecule has 82 valence electrons. The van der Waals surface area contributed by atoms with Gasteiger partial charge in [0, 0.05) is 6.92 Å². The molecule has 1 atom stereocenters. The van der Waals surface area contributed by atoms with Crippen molar-refractivity contribution in [2.45, 2.75) is 19.1 Å². The van der Waals surface area contributed by atoms with Gasteiger partial charge in [-0.3, -0.25) is 4.79 Å². The van der Waals surface area contributed by atoms with Crippen molar-refractivity contribution < 1.29 is 18.0 Å². The van der Waals surface area contributed by atoms with Gasteiger partial charge in [0.15, 0.2) is 6.04 Å². The first-order valence-electron chi connectivity index (χ1n) is 4.30. The minimum atomic E-state index is -4.48. The summed E-state index contributed by atoms with van der Waals surface area (Å²) in [6, 6.07) is 5.33. The fourth-order valence-electron chi connectivity index (χ4n) is 1.20. The van der Waals surface area contributed by atoms with Crippen molar-refractivity contribution >= 4 is 5.91 Å². The number of nitrogens with one attached hydrogen (secondary N) is 1. The van der Waals surface area contributed by atoms with Crippen molar-refractivity contribution in [3.63, 3.8) is 0 Å². The summed E-state index contributed by atoms with van der Waals surface area (Å²) >= 11 is 0. The van der Waals surface area contributed by atoms with E-state index >= 15 is 0 Å². The number of rotatable bonds is 2. The van der Waals surface area contributed by atoms with Gasteiger partial charge in [0.1, 0.15) is 0 Å². The second-order valence-corrected chi connectivity index (χ2v) is 3.09. The smallest absolute Gasteiger partial charge is 0.341 e. The molecule has 0 aliphatic carbocycles. The summed E-state index contributed by atoms with van der Waals surface area (Å²) in [4.78, 5) is 10.7. The molecule has 5 heteroatoms. The molecule has 0 saturated heterocycles. The van der Waals surface area contributed by atoms with Gasteiger partial charge >= 0.3 is 6.18 Å². The van der Waals surface area contributed by atoms with Gasteiger partial charge in [-0.1, -0.05) is 30.3 Å². The van der Waals surface area contributed by atoms with Gasteiger partial charge in [-0.05, 0) is 5.56 Å². The molecule has 0 fully saturated rings. The van der Waals surface area contributed by atoms with Gasteiger partial charge in [-0.25, -0.2) is 0 Å². The quantitative estimate of drug-likeness (QED) is 0.809. The van der Waals surface area contributed by atoms with Gasteiger partial charge in [0.25, 0.3) is 0 Å². The van der Waals surface area contributed by atoms with Crippen LogP contribution in [0.25, 0.3) is 0 Å². The van der Waals surface area contributed by atoms with E-state index in [1.165, 1.54) is 24.3 Å². The summed E-state index contributed by atoms with van der Waals surface area (Å²) in [6.07, 6.45) is -4.48. The molecule has 1 aromatic carbocycles. The number of amides is 1. The Kier molecular flexibility index (Phi) is 3.34. The second kappa shape index (κ2) is 4.33. The summed E-state index contributed by atoms with van der Waals surface area (Å²) in [6.45, 7) is 1.06. The van der Waals surface area contributed by atoms with Gasteiger partial charge in [0.05, 0.1) is 0 Å². The maximum atomic E-state index is 12.6. The zero-order valence-electron chi connectivity index (χ0n) is 8.01. The molecule has 0 saturated carbocycles. The van der Waals surface area contributed by atoms with Crippen molar-refractivity contribution in [3.05, 3.63) is 35.9 Å². The highest BCUT2D eigenvalue weighted by molar-refractivity contribution is 5.73. The molecule has 1 rings (SSSR count). The second-order valence-electron chi connectivity index (χ2n) is 3.09. The highest BCUT2D eigenvalue weighted by Crippen LogP contribution is 2.32. The third kappa shape index (κ3) is 3.27. The molecule has 0 aliphatic rings. The van der Waals surface area contributed by atoms with E-state index in [0.29, 0.717) is 0 Å². The zero-order chi connectivity index (χ0) is 11.5. The van der Waals surface area contributed by atoms with E-state index < -0.39 is 18.1 Å². The van der Waals surface area contributed by atoms with Gasteiger partial charge in [0.2, 0.25) is 5.91 Å². The lowest BCUT2D eigenvalue weighted by molar-refractivity contribution is -0.162. The Bertz CT molecular complexity index is 334. The number of alkyl halides is 3. The Balaban J connectivity index is 2.97. The summed E-state index contributed by atoms with van der Waals surface area (Å²) in [5, 5.41) is 1.87. The lowest BCUT2D eigenvalue weighted by Crippen LogP contribution is -2.36. The van der Waals surface area contributed by atoms with Crippen molar-refractivity contribution in [2.24, 2.45) is 0 Å². The lowest BCUT2D eigenvalue weighted by atomic mass is 10.1. The Morgan fingerprint density at radius 2 is 1.80 bits per heavy atom. The molecule has 0 spiro atoms. The van der Waals surface area contributed by atoms with Crippen molar-refractivity contribution in [1.29, 1.82) is 0 Å². The highest BCUT2D eigenvalue weighted by atomic mass is 19.4. The Morgan fingerprint density at radius 1 is 1.27 bits per heavy atom. The van der Waals surface area contributed by atoms with Crippen molar-refractivity contribution in [2.75, 3.05) is 0 Å². The molecular formula is C10H10F3NO. The molecule has 1 amide bonds. The summed E-state index contributed by atoms with van der Waals surface area (Å²) in [5.41, 5.74) is 0.0280. The fourth-order valence-corrected chi connectivity index (χ4v) is 1.20. The first-order chi connectivity index (χ1) is 6.91. The van der Waals surface area contributed by atoms with E-state index in [2.05, 4.69) is 0 Å². The van der Waals surface area contributed by atoms with Crippen LogP contribution in [-0.2, 0) is 4.79 Å². The van der Waals surface area contributed by atoms with E-state index in [4.69, 9.17) is 0 Å². The van der Waals surface area contributed by atoms with E-state index in [0.717, 1.165) is 6.92 Å². The maximum absolute atomic E-state index is 12.6. The molecule has 0 unspecified atom stereocenters. The molecule has 0 radical (unpaired) electrons. The van der Waals surface area contributed by atoms with Crippen LogP contribution in [0.15, 0.2) is 30.3 Å². The molecule has 15 heavy (non-hydrogen) atoms. The minimum absolute atomic E-state index is 0.0280. The van der Waals surface area contributed by atoms with Crippen LogP contribution < -0.4 is 5.32 Å². The molecule has 0 bridgehead atoms. The van der Waals surface area contributed by atoms with Crippen LogP contribution >= 0.6 is 0 Å². The largest absolute Gasteiger partial charge is 0.412 e. The first kappa shape index (κ1) is 11.6. The molecule has 1 aromatic rings. The monoisotopic (exact) mass is 217 g/mol. The first-order valence-corrected chi connectivity index (χ1v) is 4.30. The average Bonchev–Trinajstić information content (AvgIpc) is 2.14. The normalized spacial score (nSPS) is 13.3. The van der Waals surface area contributed by atoms with Gasteiger partial charge in [-0.15, -0.1) is 0 Å². The van der Waals surface area contributed by atoms with Crippen LogP contribution in [0.1, 0.15) is 18.5 Å². The zero-order valence-corrected chi connectivity index (χ0v) is 8.01. The van der Waals surface area contributed by atoms with Crippen LogP contribution in [0.2, 0.25) is 0 Å². The molecule has 0 aliphatic heterocycles. The Hall–Kier alpha value is -1.52. The van der Waals surface area contributed by atoms with Gasteiger partial charge < -0.3 is 5.32 Å². The van der Waals surface area contributed by atoms with E-state index in [-0.39, 0.29) is 5.56 Å². The minimum Gasteiger partial charge on any atom is -0.341 e. The third-order valence-electron chi connectivity index (χ3n) is 1.81. The number of halogens is 3. The molecular weight excluding hydrogens is 207 g/mol. The highest BCUT2D eigenvalue weighted by Gasteiger charge is 2.41. The van der Waals surface area contributed by atoms with Crippen molar-refractivity contribution in [1.82, 2.24) is 5.32 Å². The number of benzene rings is 1. The lowest BCUT2D eigenvalue weighted by Gasteiger charge is -2.21. The van der Waals surface area contributed by atoms with E-state index in [1.54, 1.807) is 6.07 Å². The van der Waals surface area contributed by atoms with E-state index in [1.807, 2.05) is 5.32 Å². The number of carbonyl (C=O) groups excluding carboxylic acids is 1. The standard InChI is InChI=1S/C10H10F3NO/c1-7(15)14-9(10(11,12)13)8-5-3-2-4-6-8/h2-6,9H,1H3,(H,14,15)/t9-/m0/s1. The van der Waals surface area contributed by atoms with Crippen LogP contribution in [0, 0.1) is 0 Å². The van der Waals surface area contributed by atoms with Gasteiger partial charge in [-0.2, -0.15) is 13.2 Å². The van der Waals surface area contributed by atoms with Crippen LogP contribution in [-0.4, -0.2) is 12.1 Å². The fraction of sp³-hybridized carbons (Fsp3) is 0.300. The average molecular weight is 217 g/mol. The molecule has 0 aromatic heterocycles. The molecule has 1 N–H and O–H groups in total. The number of hydrogen-bond donors (Lipinski definition) is 1. The summed E-state index contributed by atoms with van der Waals surface area (Å²) in [5.74, 6) is -0.707. The Labute approximate surface area is 85.1 Å². The van der Waals surface area contributed by atoms with Crippen molar-refractivity contribution in [3.8, 4) is 0 Å². The third-order valence-corrected chi connectivity index (χ3v) is 1.81. The molecule has 0 heterocycles. The topological polar surface area (TPSA) is 29.1 Å². The number of hydrogen-bond acceptors (Lipinski definition) is 1. The predicted octanol–water partition coefficient (Wildman–Crippen LogP) is 2.43.